The zero-order chi connectivity index (χ0) is 51.6. The van der Waals surface area contributed by atoms with Gasteiger partial charge in [0.05, 0.1) is 54.3 Å². The number of rotatable bonds is 10. The molecule has 5 aromatic heterocycles. The number of hydrogen-bond donors (Lipinski definition) is 1. The average molecular weight is 1480 g/mol. The molecule has 0 aliphatic rings. The predicted octanol–water partition coefficient (Wildman–Crippen LogP) is 5.93. The molecule has 0 saturated carbocycles. The van der Waals surface area contributed by atoms with Gasteiger partial charge in [0.15, 0.2) is 5.83 Å². The minimum absolute atomic E-state index is 0. The second-order valence-electron chi connectivity index (χ2n) is 11.4. The fourth-order valence-corrected chi connectivity index (χ4v) is 4.42. The average Bonchev–Trinajstić information content (AvgIpc) is 3.29. The SMILES string of the molecule is CCOC(=O)C(F)(F)Br.CCOC(=O)C(F)(F)c1ccc(F)cn1.F/C(=C\I)c1ccc(F)cn1.Fc1ccc(Br)nc1.Fc1ccc(C(F)(F)CI)nc1.OCC(F)(F)c1ccc(F)cn1.[B].[Cu].[H-].[K+].[Na+].[OH-]. The Balaban J connectivity index is -0.000000142. The predicted molar refractivity (Wildman–Crippen MR) is 245 cm³/mol. The van der Waals surface area contributed by atoms with Crippen molar-refractivity contribution >= 4 is 103 Å². The largest absolute Gasteiger partial charge is 1.00 e. The van der Waals surface area contributed by atoms with E-state index in [2.05, 4.69) is 50.3 Å². The van der Waals surface area contributed by atoms with Crippen LogP contribution in [0.2, 0.25) is 0 Å². The topological polar surface area (TPSA) is 167 Å². The van der Waals surface area contributed by atoms with Crippen LogP contribution in [0.15, 0.2) is 100 Å². The standard InChI is InChI=1S/C9H8F3NO2.C7H5F3IN.C7H6F3NO.C7H4F2IN.C5H3BrFN.C4H5BrF2O2.B.Cu.K.Na.H2O.H/c1-2-15-8(14)9(11,12)7-4-3-6(10)5-13-7;8-5-1-2-6(12-3-5)7(9,10)4-11;8-5-1-2-6(11-3-5)7(9,10)4-12;8-5-1-2-7(11-4-5)6(9)3-10;6-5-2-1-4(7)3-8-5;1-2-9-3(8)4(5,6)7;;;;;;/h3-5H,2H2,1H3;1-3H,4H2;1-3,12H,4H2;1-4H;1-3H;2H2,1H3;;;;;1H2;/q;;;;;;;;2*+1;;-1/p-1/b;;;6-3-;;;;;;;;. The first-order valence-electron chi connectivity index (χ1n) is 17.5. The molecule has 0 aliphatic carbocycles. The third-order valence-electron chi connectivity index (χ3n) is 6.42. The summed E-state index contributed by atoms with van der Waals surface area (Å²) in [7, 11) is 0. The van der Waals surface area contributed by atoms with Crippen molar-refractivity contribution in [2.24, 2.45) is 0 Å². The number of hydrogen-bond acceptors (Lipinski definition) is 11. The molecule has 0 atom stereocenters. The minimum atomic E-state index is -3.84. The zero-order valence-electron chi connectivity index (χ0n) is 38.0. The summed E-state index contributed by atoms with van der Waals surface area (Å²) in [5.74, 6) is -16.7. The van der Waals surface area contributed by atoms with Gasteiger partial charge in [0.25, 0.3) is 5.92 Å². The molecule has 0 bridgehead atoms. The fourth-order valence-electron chi connectivity index (χ4n) is 3.37. The number of nitrogens with zero attached hydrogens (tertiary/aromatic N) is 5. The van der Waals surface area contributed by atoms with Crippen molar-refractivity contribution in [1.82, 2.24) is 24.9 Å². The zero-order valence-corrected chi connectivity index (χ0v) is 50.6. The van der Waals surface area contributed by atoms with Crippen molar-refractivity contribution in [1.29, 1.82) is 0 Å². The first-order valence-corrected chi connectivity index (χ1v) is 21.9. The van der Waals surface area contributed by atoms with Gasteiger partial charge < -0.3 is 21.5 Å². The third kappa shape index (κ3) is 33.9. The van der Waals surface area contributed by atoms with Crippen molar-refractivity contribution in [2.75, 3.05) is 24.2 Å². The molecule has 0 unspecified atom stereocenters. The van der Waals surface area contributed by atoms with E-state index in [1.54, 1.807) is 51.2 Å². The summed E-state index contributed by atoms with van der Waals surface area (Å²) >= 11 is 8.22. The van der Waals surface area contributed by atoms with E-state index < -0.39 is 87.3 Å². The molecule has 392 valence electrons. The van der Waals surface area contributed by atoms with E-state index in [9.17, 15) is 71.1 Å². The van der Waals surface area contributed by atoms with E-state index >= 15 is 0 Å². The number of ether oxygens (including phenoxy) is 2. The summed E-state index contributed by atoms with van der Waals surface area (Å²) in [5, 5.41) is 8.23. The van der Waals surface area contributed by atoms with Crippen LogP contribution in [-0.2, 0) is 53.9 Å². The van der Waals surface area contributed by atoms with E-state index in [1.807, 2.05) is 15.9 Å². The van der Waals surface area contributed by atoms with Crippen LogP contribution < -0.4 is 80.9 Å². The van der Waals surface area contributed by atoms with E-state index in [4.69, 9.17) is 5.11 Å². The molecule has 11 nitrogen and oxygen atoms in total. The summed E-state index contributed by atoms with van der Waals surface area (Å²) < 4.78 is 184. The van der Waals surface area contributed by atoms with Crippen LogP contribution in [0, 0.1) is 29.1 Å². The number of halogens is 18. The molecule has 0 amide bonds. The molecular weight excluding hydrogens is 1450 g/mol. The second-order valence-corrected chi connectivity index (χ2v) is 14.6. The Hall–Kier alpha value is -0.989. The molecular formula is C39H33BBr2CuF14I2KN5NaO6. The maximum Gasteiger partial charge on any atom is 1.00 e. The van der Waals surface area contributed by atoms with Crippen LogP contribution in [0.1, 0.15) is 38.0 Å². The van der Waals surface area contributed by atoms with E-state index in [0.29, 0.717) is 17.0 Å². The monoisotopic (exact) mass is 1480 g/mol. The van der Waals surface area contributed by atoms with Crippen LogP contribution in [-0.4, -0.2) is 84.9 Å². The smallest absolute Gasteiger partial charge is 1.00 e. The van der Waals surface area contributed by atoms with Crippen LogP contribution >= 0.6 is 77.0 Å². The van der Waals surface area contributed by atoms with Crippen molar-refractivity contribution in [3.8, 4) is 0 Å². The number of pyridine rings is 5. The Labute approximate surface area is 524 Å². The van der Waals surface area contributed by atoms with Crippen molar-refractivity contribution in [3.63, 3.8) is 0 Å². The van der Waals surface area contributed by atoms with Crippen LogP contribution in [0.4, 0.5) is 61.5 Å². The molecule has 72 heavy (non-hydrogen) atoms. The Morgan fingerprint density at radius 2 is 1.00 bits per heavy atom. The third-order valence-corrected chi connectivity index (χ3v) is 8.72. The van der Waals surface area contributed by atoms with Gasteiger partial charge >= 0.3 is 110 Å². The molecule has 0 saturated heterocycles. The molecule has 5 aromatic rings. The van der Waals surface area contributed by atoms with Gasteiger partial charge in [-0.2, -0.15) is 35.1 Å². The summed E-state index contributed by atoms with van der Waals surface area (Å²) in [6.07, 6.45) is 4.22. The van der Waals surface area contributed by atoms with Crippen molar-refractivity contribution in [2.45, 2.75) is 36.4 Å². The summed E-state index contributed by atoms with van der Waals surface area (Å²) in [6, 6.07) is 10.6. The van der Waals surface area contributed by atoms with Gasteiger partial charge in [0.2, 0.25) is 0 Å². The van der Waals surface area contributed by atoms with Gasteiger partial charge in [-0.3, -0.25) is 19.9 Å². The minimum Gasteiger partial charge on any atom is -1.00 e. The van der Waals surface area contributed by atoms with Crippen molar-refractivity contribution < 1.29 is 191 Å². The molecule has 33 heteroatoms. The number of aromatic nitrogens is 5. The van der Waals surface area contributed by atoms with Gasteiger partial charge in [-0.05, 0) is 113 Å². The Morgan fingerprint density at radius 3 is 1.26 bits per heavy atom. The number of aliphatic hydroxyl groups excluding tert-OH is 1. The first kappa shape index (κ1) is 82.4. The number of aliphatic hydroxyl groups is 1. The Bertz CT molecular complexity index is 2200. The molecule has 0 aliphatic heterocycles. The van der Waals surface area contributed by atoms with E-state index in [0.717, 1.165) is 55.0 Å². The molecule has 5 heterocycles. The molecule has 4 radical (unpaired) electrons. The van der Waals surface area contributed by atoms with Crippen LogP contribution in [0.25, 0.3) is 5.83 Å². The van der Waals surface area contributed by atoms with Gasteiger partial charge in [-0.25, -0.2) is 40.9 Å². The van der Waals surface area contributed by atoms with Crippen molar-refractivity contribution in [3.05, 3.63) is 152 Å². The molecule has 2 N–H and O–H groups in total. The van der Waals surface area contributed by atoms with Crippen LogP contribution in [0.3, 0.4) is 0 Å². The Morgan fingerprint density at radius 1 is 0.653 bits per heavy atom. The van der Waals surface area contributed by atoms with Gasteiger partial charge in [-0.15, -0.1) is 0 Å². The number of esters is 2. The summed E-state index contributed by atoms with van der Waals surface area (Å²) in [4.78, 5) is 34.1. The summed E-state index contributed by atoms with van der Waals surface area (Å²) in [6.45, 7) is 1.34. The van der Waals surface area contributed by atoms with Gasteiger partial charge in [0, 0.05) is 45.5 Å². The Kier molecular flexibility index (Phi) is 48.1. The second kappa shape index (κ2) is 42.1. The number of carbonyl (C=O) groups is 2. The normalized spacial score (nSPS) is 10.4. The number of carbonyl (C=O) groups excluding carboxylic acids is 2. The molecule has 0 fully saturated rings. The van der Waals surface area contributed by atoms with E-state index in [-0.39, 0.29) is 142 Å². The summed E-state index contributed by atoms with van der Waals surface area (Å²) in [5.41, 5.74) is -1.70. The maximum absolute atomic E-state index is 13.2. The molecule has 0 spiro atoms. The molecule has 5 rings (SSSR count). The molecule has 0 aromatic carbocycles. The van der Waals surface area contributed by atoms with Gasteiger partial charge in [-0.1, -0.05) is 22.6 Å². The maximum atomic E-state index is 13.2. The quantitative estimate of drug-likeness (QED) is 0.0440. The van der Waals surface area contributed by atoms with Crippen LogP contribution in [0.5, 0.6) is 0 Å². The van der Waals surface area contributed by atoms with E-state index in [1.165, 1.54) is 36.1 Å². The first-order chi connectivity index (χ1) is 31.1. The number of alkyl halides is 10. The van der Waals surface area contributed by atoms with Gasteiger partial charge in [0.1, 0.15) is 57.4 Å². The fraction of sp³-hybridized carbons (Fsp3) is 0.256.